The number of carbonyl (C=O) groups is 1. The number of aryl methyl sites for hydroxylation is 1. The number of halogens is 1. The van der Waals surface area contributed by atoms with Gasteiger partial charge in [0.15, 0.2) is 6.61 Å². The van der Waals surface area contributed by atoms with Gasteiger partial charge in [-0.3, -0.25) is 4.79 Å². The highest BCUT2D eigenvalue weighted by Crippen LogP contribution is 2.52. The van der Waals surface area contributed by atoms with Crippen LogP contribution in [0.1, 0.15) is 45.6 Å². The van der Waals surface area contributed by atoms with Crippen molar-refractivity contribution in [3.05, 3.63) is 39.2 Å². The lowest BCUT2D eigenvalue weighted by Gasteiger charge is -2.39. The Kier molecular flexibility index (Phi) is 4.49. The van der Waals surface area contributed by atoms with Gasteiger partial charge in [0.05, 0.1) is 5.02 Å². The Labute approximate surface area is 169 Å². The predicted octanol–water partition coefficient (Wildman–Crippen LogP) is 4.56. The van der Waals surface area contributed by atoms with Crippen LogP contribution in [0.5, 0.6) is 5.75 Å². The molecule has 2 atom stereocenters. The Balaban J connectivity index is 1.51. The fourth-order valence-corrected chi connectivity index (χ4v) is 5.62. The standard InChI is InChI=1S/C22H26ClNO4/c1-13-5-20(26)28-17-7-18(16(23)6-15(13)17)27-10-19(25)24-12-22(4)9-14(24)8-21(2,3)11-22/h5-7,14H,8-12H2,1-4H3/t14-,22-/m1/s1. The first kappa shape index (κ1) is 19.3. The molecule has 1 aromatic heterocycles. The van der Waals surface area contributed by atoms with Gasteiger partial charge in [-0.25, -0.2) is 4.79 Å². The molecular weight excluding hydrogens is 378 g/mol. The molecule has 1 aliphatic carbocycles. The summed E-state index contributed by atoms with van der Waals surface area (Å²) < 4.78 is 11.0. The number of carbonyl (C=O) groups excluding carboxylic acids is 1. The number of hydrogen-bond donors (Lipinski definition) is 0. The first-order chi connectivity index (χ1) is 13.1. The summed E-state index contributed by atoms with van der Waals surface area (Å²) in [5.74, 6) is 0.332. The number of hydrogen-bond acceptors (Lipinski definition) is 4. The second-order valence-electron chi connectivity index (χ2n) is 9.55. The SMILES string of the molecule is Cc1cc(=O)oc2cc(OCC(=O)N3C[C@]4(C)C[C@H]3CC(C)(C)C4)c(Cl)cc12. The van der Waals surface area contributed by atoms with Crippen molar-refractivity contribution in [2.45, 2.75) is 53.0 Å². The van der Waals surface area contributed by atoms with E-state index in [1.165, 1.54) is 6.07 Å². The lowest BCUT2D eigenvalue weighted by atomic mass is 9.65. The molecule has 28 heavy (non-hydrogen) atoms. The summed E-state index contributed by atoms with van der Waals surface area (Å²) in [7, 11) is 0. The minimum Gasteiger partial charge on any atom is -0.482 e. The van der Waals surface area contributed by atoms with Crippen LogP contribution in [0.4, 0.5) is 0 Å². The minimum absolute atomic E-state index is 0.0201. The van der Waals surface area contributed by atoms with Gasteiger partial charge in [0.25, 0.3) is 5.91 Å². The second kappa shape index (κ2) is 6.51. The molecule has 0 unspecified atom stereocenters. The zero-order valence-corrected chi connectivity index (χ0v) is 17.6. The van der Waals surface area contributed by atoms with Gasteiger partial charge in [-0.05, 0) is 48.6 Å². The van der Waals surface area contributed by atoms with Gasteiger partial charge in [-0.2, -0.15) is 0 Å². The van der Waals surface area contributed by atoms with Gasteiger partial charge < -0.3 is 14.1 Å². The molecule has 1 saturated carbocycles. The topological polar surface area (TPSA) is 59.8 Å². The molecule has 1 saturated heterocycles. The highest BCUT2D eigenvalue weighted by Gasteiger charge is 2.50. The average Bonchev–Trinajstić information content (AvgIpc) is 2.82. The Morgan fingerprint density at radius 1 is 1.29 bits per heavy atom. The van der Waals surface area contributed by atoms with Crippen LogP contribution in [0.15, 0.2) is 27.4 Å². The molecule has 4 rings (SSSR count). The highest BCUT2D eigenvalue weighted by atomic mass is 35.5. The number of benzene rings is 1. The normalized spacial score (nSPS) is 25.9. The minimum atomic E-state index is -0.422. The van der Waals surface area contributed by atoms with Crippen LogP contribution in [0, 0.1) is 17.8 Å². The summed E-state index contributed by atoms with van der Waals surface area (Å²) in [5, 5.41) is 1.15. The zero-order chi connectivity index (χ0) is 20.3. The third-order valence-corrected chi connectivity index (χ3v) is 6.39. The van der Waals surface area contributed by atoms with Gasteiger partial charge in [0.2, 0.25) is 0 Å². The first-order valence-corrected chi connectivity index (χ1v) is 10.1. The Morgan fingerprint density at radius 2 is 2.04 bits per heavy atom. The largest absolute Gasteiger partial charge is 0.482 e. The van der Waals surface area contributed by atoms with E-state index in [0.29, 0.717) is 16.4 Å². The quantitative estimate of drug-likeness (QED) is 0.705. The monoisotopic (exact) mass is 403 g/mol. The van der Waals surface area contributed by atoms with Gasteiger partial charge in [-0.15, -0.1) is 0 Å². The van der Waals surface area contributed by atoms with Crippen LogP contribution < -0.4 is 10.4 Å². The van der Waals surface area contributed by atoms with Crippen molar-refractivity contribution in [2.24, 2.45) is 10.8 Å². The Hall–Kier alpha value is -2.01. The van der Waals surface area contributed by atoms with Crippen molar-refractivity contribution in [1.29, 1.82) is 0 Å². The number of nitrogens with zero attached hydrogens (tertiary/aromatic N) is 1. The summed E-state index contributed by atoms with van der Waals surface area (Å²) in [5.41, 5.74) is 1.21. The molecule has 2 aromatic rings. The third-order valence-electron chi connectivity index (χ3n) is 6.09. The number of rotatable bonds is 3. The van der Waals surface area contributed by atoms with Crippen LogP contribution in [-0.4, -0.2) is 30.0 Å². The molecule has 1 aromatic carbocycles. The number of likely N-dealkylation sites (tertiary alicyclic amines) is 1. The fraction of sp³-hybridized carbons (Fsp3) is 0.545. The lowest BCUT2D eigenvalue weighted by molar-refractivity contribution is -0.134. The van der Waals surface area contributed by atoms with E-state index in [0.717, 1.165) is 36.8 Å². The predicted molar refractivity (Wildman–Crippen MR) is 109 cm³/mol. The summed E-state index contributed by atoms with van der Waals surface area (Å²) in [4.78, 5) is 26.5. The van der Waals surface area contributed by atoms with Gasteiger partial charge >= 0.3 is 5.63 Å². The van der Waals surface area contributed by atoms with Gasteiger partial charge in [0, 0.05) is 30.1 Å². The summed E-state index contributed by atoms with van der Waals surface area (Å²) in [6, 6.07) is 5.00. The van der Waals surface area contributed by atoms with E-state index in [1.807, 2.05) is 11.8 Å². The van der Waals surface area contributed by atoms with Crippen LogP contribution in [0.3, 0.4) is 0 Å². The van der Waals surface area contributed by atoms with Crippen molar-refractivity contribution < 1.29 is 13.9 Å². The molecule has 5 nitrogen and oxygen atoms in total. The second-order valence-corrected chi connectivity index (χ2v) is 9.96. The maximum Gasteiger partial charge on any atom is 0.336 e. The first-order valence-electron chi connectivity index (χ1n) is 9.72. The molecule has 0 N–H and O–H groups in total. The van der Waals surface area contributed by atoms with Gasteiger partial charge in [0.1, 0.15) is 11.3 Å². The van der Waals surface area contributed by atoms with Crippen LogP contribution in [-0.2, 0) is 4.79 Å². The van der Waals surface area contributed by atoms with Crippen LogP contribution in [0.2, 0.25) is 5.02 Å². The molecule has 2 aliphatic rings. The Bertz CT molecular complexity index is 1010. The average molecular weight is 404 g/mol. The molecule has 1 aliphatic heterocycles. The maximum atomic E-state index is 12.9. The lowest BCUT2D eigenvalue weighted by Crippen LogP contribution is -2.40. The molecule has 2 heterocycles. The molecule has 150 valence electrons. The van der Waals surface area contributed by atoms with E-state index in [2.05, 4.69) is 20.8 Å². The van der Waals surface area contributed by atoms with Crippen LogP contribution >= 0.6 is 11.6 Å². The Morgan fingerprint density at radius 3 is 2.79 bits per heavy atom. The molecule has 2 bridgehead atoms. The van der Waals surface area contributed by atoms with Crippen molar-refractivity contribution in [1.82, 2.24) is 4.90 Å². The van der Waals surface area contributed by atoms with Crippen molar-refractivity contribution >= 4 is 28.5 Å². The fourth-order valence-electron chi connectivity index (χ4n) is 5.40. The summed E-state index contributed by atoms with van der Waals surface area (Å²) in [6.07, 6.45) is 3.22. The van der Waals surface area contributed by atoms with Crippen molar-refractivity contribution in [3.63, 3.8) is 0 Å². The molecule has 2 fully saturated rings. The molecule has 0 radical (unpaired) electrons. The molecule has 6 heteroatoms. The number of fused-ring (bicyclic) bond motifs is 3. The van der Waals surface area contributed by atoms with Crippen molar-refractivity contribution in [2.75, 3.05) is 13.2 Å². The number of ether oxygens (including phenoxy) is 1. The molecule has 1 amide bonds. The smallest absolute Gasteiger partial charge is 0.336 e. The highest BCUT2D eigenvalue weighted by molar-refractivity contribution is 6.32. The maximum absolute atomic E-state index is 12.9. The van der Waals surface area contributed by atoms with E-state index in [1.54, 1.807) is 12.1 Å². The van der Waals surface area contributed by atoms with E-state index in [-0.39, 0.29) is 29.4 Å². The van der Waals surface area contributed by atoms with Crippen molar-refractivity contribution in [3.8, 4) is 5.75 Å². The van der Waals surface area contributed by atoms with E-state index in [4.69, 9.17) is 20.8 Å². The number of amides is 1. The molecular formula is C22H26ClNO4. The van der Waals surface area contributed by atoms with Crippen LogP contribution in [0.25, 0.3) is 11.0 Å². The summed E-state index contributed by atoms with van der Waals surface area (Å²) in [6.45, 7) is 9.38. The molecule has 0 spiro atoms. The summed E-state index contributed by atoms with van der Waals surface area (Å²) >= 11 is 6.34. The van der Waals surface area contributed by atoms with Gasteiger partial charge in [-0.1, -0.05) is 32.4 Å². The zero-order valence-electron chi connectivity index (χ0n) is 16.8. The van der Waals surface area contributed by atoms with E-state index in [9.17, 15) is 9.59 Å². The van der Waals surface area contributed by atoms with E-state index < -0.39 is 5.63 Å². The third kappa shape index (κ3) is 3.52. The van der Waals surface area contributed by atoms with E-state index >= 15 is 0 Å².